The number of amides is 1. The smallest absolute Gasteiger partial charge is 0.254 e. The second-order valence-electron chi connectivity index (χ2n) is 3.76. The van der Waals surface area contributed by atoms with Gasteiger partial charge >= 0.3 is 0 Å². The molecule has 1 amide bonds. The van der Waals surface area contributed by atoms with E-state index < -0.39 is 0 Å². The van der Waals surface area contributed by atoms with Crippen LogP contribution >= 0.6 is 24.8 Å². The van der Waals surface area contributed by atoms with E-state index in [-0.39, 0.29) is 30.7 Å². The number of pyridine rings is 1. The van der Waals surface area contributed by atoms with Crippen LogP contribution in [0.5, 0.6) is 0 Å². The van der Waals surface area contributed by atoms with Crippen molar-refractivity contribution in [2.24, 2.45) is 0 Å². The van der Waals surface area contributed by atoms with Crippen molar-refractivity contribution in [1.82, 2.24) is 15.2 Å². The van der Waals surface area contributed by atoms with Crippen LogP contribution in [0.15, 0.2) is 24.5 Å². The van der Waals surface area contributed by atoms with Gasteiger partial charge in [0.1, 0.15) is 0 Å². The van der Waals surface area contributed by atoms with Gasteiger partial charge in [-0.05, 0) is 25.6 Å². The van der Waals surface area contributed by atoms with Gasteiger partial charge < -0.3 is 10.2 Å². The molecule has 2 rings (SSSR count). The highest BCUT2D eigenvalue weighted by Crippen LogP contribution is 2.12. The maximum Gasteiger partial charge on any atom is 0.254 e. The van der Waals surface area contributed by atoms with Gasteiger partial charge in [-0.15, -0.1) is 24.8 Å². The number of carbonyl (C=O) groups is 1. The van der Waals surface area contributed by atoms with Gasteiger partial charge in [0.15, 0.2) is 0 Å². The fraction of sp³-hybridized carbons (Fsp3) is 0.455. The second-order valence-corrected chi connectivity index (χ2v) is 3.76. The molecule has 0 radical (unpaired) electrons. The van der Waals surface area contributed by atoms with Gasteiger partial charge in [-0.2, -0.15) is 0 Å². The lowest BCUT2D eigenvalue weighted by Gasteiger charge is -2.16. The summed E-state index contributed by atoms with van der Waals surface area (Å²) < 4.78 is 0. The lowest BCUT2D eigenvalue weighted by molar-refractivity contribution is 0.0789. The van der Waals surface area contributed by atoms with Gasteiger partial charge in [0.2, 0.25) is 0 Å². The lowest BCUT2D eigenvalue weighted by Crippen LogP contribution is -2.33. The average Bonchev–Trinajstić information content (AvgIpc) is 2.78. The van der Waals surface area contributed by atoms with Crippen LogP contribution in [0, 0.1) is 0 Å². The van der Waals surface area contributed by atoms with Crippen molar-refractivity contribution < 1.29 is 4.79 Å². The SMILES string of the molecule is CNC1CCN(C(=O)c2ccncc2)C1.Cl.Cl. The van der Waals surface area contributed by atoms with Crippen molar-refractivity contribution in [3.8, 4) is 0 Å². The molecule has 1 saturated heterocycles. The molecule has 1 aromatic rings. The van der Waals surface area contributed by atoms with E-state index in [1.54, 1.807) is 24.5 Å². The number of rotatable bonds is 2. The summed E-state index contributed by atoms with van der Waals surface area (Å²) in [6.45, 7) is 1.64. The van der Waals surface area contributed by atoms with Crippen LogP contribution in [0.25, 0.3) is 0 Å². The van der Waals surface area contributed by atoms with E-state index in [1.807, 2.05) is 11.9 Å². The van der Waals surface area contributed by atoms with Crippen molar-refractivity contribution >= 4 is 30.7 Å². The van der Waals surface area contributed by atoms with E-state index in [1.165, 1.54) is 0 Å². The summed E-state index contributed by atoms with van der Waals surface area (Å²) in [7, 11) is 1.94. The zero-order valence-electron chi connectivity index (χ0n) is 9.63. The van der Waals surface area contributed by atoms with Crippen LogP contribution in [0.1, 0.15) is 16.8 Å². The molecule has 2 heterocycles. The number of likely N-dealkylation sites (tertiary alicyclic amines) is 1. The fourth-order valence-corrected chi connectivity index (χ4v) is 1.86. The molecule has 1 fully saturated rings. The van der Waals surface area contributed by atoms with Crippen LogP contribution in [0.4, 0.5) is 0 Å². The minimum atomic E-state index is 0. The fourth-order valence-electron chi connectivity index (χ4n) is 1.86. The molecule has 6 heteroatoms. The number of hydrogen-bond donors (Lipinski definition) is 1. The van der Waals surface area contributed by atoms with Crippen LogP contribution in [0.3, 0.4) is 0 Å². The Kier molecular flexibility index (Phi) is 7.11. The Bertz CT molecular complexity index is 348. The van der Waals surface area contributed by atoms with Crippen molar-refractivity contribution in [2.45, 2.75) is 12.5 Å². The second kappa shape index (κ2) is 7.48. The van der Waals surface area contributed by atoms with Crippen LogP contribution < -0.4 is 5.32 Å². The highest BCUT2D eigenvalue weighted by molar-refractivity contribution is 5.94. The molecule has 0 spiro atoms. The first-order valence-electron chi connectivity index (χ1n) is 5.18. The predicted molar refractivity (Wildman–Crippen MR) is 72.1 cm³/mol. The quantitative estimate of drug-likeness (QED) is 0.888. The summed E-state index contributed by atoms with van der Waals surface area (Å²) >= 11 is 0. The Hall–Kier alpha value is -0.840. The van der Waals surface area contributed by atoms with Gasteiger partial charge in [0.05, 0.1) is 0 Å². The summed E-state index contributed by atoms with van der Waals surface area (Å²) in [6, 6.07) is 3.96. The first-order chi connectivity index (χ1) is 7.31. The maximum atomic E-state index is 12.0. The normalized spacial score (nSPS) is 18.2. The molecule has 1 aromatic heterocycles. The Morgan fingerprint density at radius 3 is 2.59 bits per heavy atom. The summed E-state index contributed by atoms with van der Waals surface area (Å²) in [5, 5.41) is 3.19. The monoisotopic (exact) mass is 277 g/mol. The molecule has 1 N–H and O–H groups in total. The number of nitrogens with one attached hydrogen (secondary N) is 1. The maximum absolute atomic E-state index is 12.0. The Morgan fingerprint density at radius 1 is 1.41 bits per heavy atom. The third-order valence-electron chi connectivity index (χ3n) is 2.81. The topological polar surface area (TPSA) is 45.2 Å². The standard InChI is InChI=1S/C11H15N3O.2ClH/c1-12-10-4-7-14(8-10)11(15)9-2-5-13-6-3-9;;/h2-3,5-6,10,12H,4,7-8H2,1H3;2*1H. The van der Waals surface area contributed by atoms with E-state index in [2.05, 4.69) is 10.3 Å². The van der Waals surface area contributed by atoms with Crippen LogP contribution in [-0.2, 0) is 0 Å². The van der Waals surface area contributed by atoms with E-state index in [0.29, 0.717) is 6.04 Å². The molecule has 0 saturated carbocycles. The number of likely N-dealkylation sites (N-methyl/N-ethyl adjacent to an activating group) is 1. The molecule has 0 aliphatic carbocycles. The van der Waals surface area contributed by atoms with Gasteiger partial charge in [-0.1, -0.05) is 0 Å². The van der Waals surface area contributed by atoms with Gasteiger partial charge in [0.25, 0.3) is 5.91 Å². The molecule has 1 atom stereocenters. The molecule has 0 aromatic carbocycles. The summed E-state index contributed by atoms with van der Waals surface area (Å²) in [5.41, 5.74) is 0.724. The molecule has 17 heavy (non-hydrogen) atoms. The molecule has 1 aliphatic rings. The minimum Gasteiger partial charge on any atom is -0.337 e. The van der Waals surface area contributed by atoms with Crippen LogP contribution in [-0.4, -0.2) is 42.0 Å². The average molecular weight is 278 g/mol. The summed E-state index contributed by atoms with van der Waals surface area (Å²) in [5.74, 6) is 0.107. The Morgan fingerprint density at radius 2 is 2.06 bits per heavy atom. The van der Waals surface area contributed by atoms with Crippen molar-refractivity contribution in [1.29, 1.82) is 0 Å². The first-order valence-corrected chi connectivity index (χ1v) is 5.18. The van der Waals surface area contributed by atoms with Gasteiger partial charge in [0, 0.05) is 37.1 Å². The molecule has 96 valence electrons. The van der Waals surface area contributed by atoms with E-state index in [9.17, 15) is 4.79 Å². The van der Waals surface area contributed by atoms with Gasteiger partial charge in [-0.3, -0.25) is 9.78 Å². The largest absolute Gasteiger partial charge is 0.337 e. The summed E-state index contributed by atoms with van der Waals surface area (Å²) in [4.78, 5) is 17.8. The zero-order chi connectivity index (χ0) is 10.7. The minimum absolute atomic E-state index is 0. The number of aromatic nitrogens is 1. The molecule has 4 nitrogen and oxygen atoms in total. The van der Waals surface area contributed by atoms with Crippen molar-refractivity contribution in [2.75, 3.05) is 20.1 Å². The molecule has 1 unspecified atom stereocenters. The molecule has 1 aliphatic heterocycles. The number of halogens is 2. The first kappa shape index (κ1) is 16.2. The third-order valence-corrected chi connectivity index (χ3v) is 2.81. The lowest BCUT2D eigenvalue weighted by atomic mass is 10.2. The number of nitrogens with zero attached hydrogens (tertiary/aromatic N) is 2. The number of hydrogen-bond acceptors (Lipinski definition) is 3. The highest BCUT2D eigenvalue weighted by atomic mass is 35.5. The molecular weight excluding hydrogens is 261 g/mol. The third kappa shape index (κ3) is 3.84. The van der Waals surface area contributed by atoms with Crippen molar-refractivity contribution in [3.05, 3.63) is 30.1 Å². The van der Waals surface area contributed by atoms with Gasteiger partial charge in [-0.25, -0.2) is 0 Å². The van der Waals surface area contributed by atoms with Crippen LogP contribution in [0.2, 0.25) is 0 Å². The highest BCUT2D eigenvalue weighted by Gasteiger charge is 2.25. The Labute approximate surface area is 114 Å². The predicted octanol–water partition coefficient (Wildman–Crippen LogP) is 1.36. The van der Waals surface area contributed by atoms with E-state index >= 15 is 0 Å². The summed E-state index contributed by atoms with van der Waals surface area (Å²) in [6.07, 6.45) is 4.34. The number of carbonyl (C=O) groups excluding carboxylic acids is 1. The molecule has 0 bridgehead atoms. The zero-order valence-corrected chi connectivity index (χ0v) is 11.3. The Balaban J connectivity index is 0.00000128. The van der Waals surface area contributed by atoms with Crippen molar-refractivity contribution in [3.63, 3.8) is 0 Å². The van der Waals surface area contributed by atoms with E-state index in [0.717, 1.165) is 25.1 Å². The molecular formula is C11H17Cl2N3O. The van der Waals surface area contributed by atoms with E-state index in [4.69, 9.17) is 0 Å².